The van der Waals surface area contributed by atoms with Gasteiger partial charge in [-0.2, -0.15) is 0 Å². The van der Waals surface area contributed by atoms with Gasteiger partial charge in [-0.3, -0.25) is 0 Å². The van der Waals surface area contributed by atoms with Crippen LogP contribution in [0.4, 0.5) is 5.69 Å². The number of nitrogens with zero attached hydrogens (tertiary/aromatic N) is 1. The Bertz CT molecular complexity index is 415. The number of ether oxygens (including phenoxy) is 1. The third-order valence-corrected chi connectivity index (χ3v) is 4.30. The molecule has 0 amide bonds. The summed E-state index contributed by atoms with van der Waals surface area (Å²) in [6.45, 7) is 3.74. The fourth-order valence-electron chi connectivity index (χ4n) is 2.45. The SMILES string of the molecule is O=C(O)c1cc(N2CC3(CCOC3)C2)cs1. The van der Waals surface area contributed by atoms with Crippen LogP contribution >= 0.6 is 11.3 Å². The average molecular weight is 239 g/mol. The van der Waals surface area contributed by atoms with E-state index in [9.17, 15) is 4.79 Å². The monoisotopic (exact) mass is 239 g/mol. The highest BCUT2D eigenvalue weighted by molar-refractivity contribution is 7.12. The fraction of sp³-hybridized carbons (Fsp3) is 0.545. The molecule has 2 aliphatic heterocycles. The Kier molecular flexibility index (Phi) is 2.19. The van der Waals surface area contributed by atoms with Crippen molar-refractivity contribution in [3.05, 3.63) is 16.3 Å². The van der Waals surface area contributed by atoms with E-state index in [1.54, 1.807) is 6.07 Å². The fourth-order valence-corrected chi connectivity index (χ4v) is 3.20. The maximum atomic E-state index is 10.8. The van der Waals surface area contributed by atoms with Gasteiger partial charge in [0.1, 0.15) is 4.88 Å². The van der Waals surface area contributed by atoms with Crippen LogP contribution in [0.3, 0.4) is 0 Å². The van der Waals surface area contributed by atoms with Crippen molar-refractivity contribution in [3.63, 3.8) is 0 Å². The number of carbonyl (C=O) groups is 1. The van der Waals surface area contributed by atoms with E-state index in [1.165, 1.54) is 11.3 Å². The normalized spacial score (nSPS) is 22.4. The van der Waals surface area contributed by atoms with Crippen molar-refractivity contribution >= 4 is 23.0 Å². The lowest BCUT2D eigenvalue weighted by atomic mass is 9.79. The zero-order valence-electron chi connectivity index (χ0n) is 8.81. The Labute approximate surface area is 97.4 Å². The Balaban J connectivity index is 1.69. The quantitative estimate of drug-likeness (QED) is 0.853. The minimum atomic E-state index is -0.837. The number of carboxylic acids is 1. The molecule has 2 saturated heterocycles. The van der Waals surface area contributed by atoms with Crippen LogP contribution in [0.2, 0.25) is 0 Å². The second-order valence-corrected chi connectivity index (χ2v) is 5.54. The molecular formula is C11H13NO3S. The van der Waals surface area contributed by atoms with Crippen LogP contribution in [0.25, 0.3) is 0 Å². The summed E-state index contributed by atoms with van der Waals surface area (Å²) in [6.07, 6.45) is 1.14. The maximum absolute atomic E-state index is 10.8. The molecule has 0 unspecified atom stereocenters. The highest BCUT2D eigenvalue weighted by Gasteiger charge is 2.46. The minimum Gasteiger partial charge on any atom is -0.477 e. The summed E-state index contributed by atoms with van der Waals surface area (Å²) in [5, 5.41) is 10.8. The molecular weight excluding hydrogens is 226 g/mol. The molecule has 5 heteroatoms. The van der Waals surface area contributed by atoms with Gasteiger partial charge in [0.05, 0.1) is 6.61 Å². The van der Waals surface area contributed by atoms with Gasteiger partial charge in [-0.15, -0.1) is 11.3 Å². The summed E-state index contributed by atoms with van der Waals surface area (Å²) >= 11 is 1.29. The average Bonchev–Trinajstić information content (AvgIpc) is 2.84. The smallest absolute Gasteiger partial charge is 0.345 e. The van der Waals surface area contributed by atoms with Gasteiger partial charge in [-0.1, -0.05) is 0 Å². The molecule has 4 nitrogen and oxygen atoms in total. The van der Waals surface area contributed by atoms with Crippen LogP contribution in [-0.4, -0.2) is 37.4 Å². The van der Waals surface area contributed by atoms with Crippen molar-refractivity contribution in [2.24, 2.45) is 5.41 Å². The van der Waals surface area contributed by atoms with Gasteiger partial charge in [-0.25, -0.2) is 4.79 Å². The Morgan fingerprint density at radius 1 is 1.56 bits per heavy atom. The first-order valence-electron chi connectivity index (χ1n) is 5.33. The molecule has 3 rings (SSSR count). The highest BCUT2D eigenvalue weighted by atomic mass is 32.1. The van der Waals surface area contributed by atoms with Gasteiger partial charge in [-0.05, 0) is 12.5 Å². The van der Waals surface area contributed by atoms with Crippen LogP contribution in [0, 0.1) is 5.41 Å². The van der Waals surface area contributed by atoms with E-state index >= 15 is 0 Å². The molecule has 1 aromatic rings. The largest absolute Gasteiger partial charge is 0.477 e. The predicted octanol–water partition coefficient (Wildman–Crippen LogP) is 1.67. The molecule has 16 heavy (non-hydrogen) atoms. The van der Waals surface area contributed by atoms with Crippen molar-refractivity contribution < 1.29 is 14.6 Å². The molecule has 1 N–H and O–H groups in total. The molecule has 0 aromatic carbocycles. The molecule has 1 aromatic heterocycles. The molecule has 2 aliphatic rings. The van der Waals surface area contributed by atoms with Crippen molar-refractivity contribution in [3.8, 4) is 0 Å². The number of carboxylic acid groups (broad SMARTS) is 1. The number of anilines is 1. The second-order valence-electron chi connectivity index (χ2n) is 4.63. The van der Waals surface area contributed by atoms with Crippen LogP contribution in [0.5, 0.6) is 0 Å². The standard InChI is InChI=1S/C11H13NO3S/c13-10(14)9-3-8(4-16-9)12-5-11(6-12)1-2-15-7-11/h3-4H,1-2,5-7H2,(H,13,14). The molecule has 0 saturated carbocycles. The van der Waals surface area contributed by atoms with E-state index < -0.39 is 5.97 Å². The zero-order valence-corrected chi connectivity index (χ0v) is 9.63. The maximum Gasteiger partial charge on any atom is 0.345 e. The third kappa shape index (κ3) is 1.51. The third-order valence-electron chi connectivity index (χ3n) is 3.40. The van der Waals surface area contributed by atoms with Crippen molar-refractivity contribution in [1.29, 1.82) is 0 Å². The number of aromatic carboxylic acids is 1. The van der Waals surface area contributed by atoms with Gasteiger partial charge in [0, 0.05) is 36.2 Å². The molecule has 0 atom stereocenters. The summed E-state index contributed by atoms with van der Waals surface area (Å²) in [4.78, 5) is 13.4. The number of hydrogen-bond acceptors (Lipinski definition) is 4. The minimum absolute atomic E-state index is 0.353. The first-order chi connectivity index (χ1) is 7.69. The van der Waals surface area contributed by atoms with Gasteiger partial charge in [0.15, 0.2) is 0 Å². The van der Waals surface area contributed by atoms with Crippen molar-refractivity contribution in [1.82, 2.24) is 0 Å². The molecule has 1 spiro atoms. The van der Waals surface area contributed by atoms with Crippen molar-refractivity contribution in [2.75, 3.05) is 31.2 Å². The van der Waals surface area contributed by atoms with Crippen LogP contribution in [0.1, 0.15) is 16.1 Å². The molecule has 0 aliphatic carbocycles. The molecule has 2 fully saturated rings. The van der Waals surface area contributed by atoms with Crippen LogP contribution in [0.15, 0.2) is 11.4 Å². The second kappa shape index (κ2) is 3.46. The Morgan fingerprint density at radius 3 is 2.94 bits per heavy atom. The summed E-state index contributed by atoms with van der Waals surface area (Å²) < 4.78 is 5.41. The molecule has 86 valence electrons. The van der Waals surface area contributed by atoms with Gasteiger partial charge >= 0.3 is 5.97 Å². The summed E-state index contributed by atoms with van der Waals surface area (Å²) in [7, 11) is 0. The van der Waals surface area contributed by atoms with Gasteiger partial charge < -0.3 is 14.7 Å². The van der Waals surface area contributed by atoms with Gasteiger partial charge in [0.2, 0.25) is 0 Å². The van der Waals surface area contributed by atoms with Crippen LogP contribution < -0.4 is 4.90 Å². The first kappa shape index (κ1) is 10.1. The summed E-state index contributed by atoms with van der Waals surface area (Å²) in [6, 6.07) is 1.76. The van der Waals surface area contributed by atoms with E-state index in [4.69, 9.17) is 9.84 Å². The summed E-state index contributed by atoms with van der Waals surface area (Å²) in [5.41, 5.74) is 1.39. The van der Waals surface area contributed by atoms with Crippen molar-refractivity contribution in [2.45, 2.75) is 6.42 Å². The molecule has 0 bridgehead atoms. The van der Waals surface area contributed by atoms with E-state index in [0.29, 0.717) is 10.3 Å². The van der Waals surface area contributed by atoms with Crippen LogP contribution in [-0.2, 0) is 4.74 Å². The first-order valence-corrected chi connectivity index (χ1v) is 6.21. The summed E-state index contributed by atoms with van der Waals surface area (Å²) in [5.74, 6) is -0.837. The highest BCUT2D eigenvalue weighted by Crippen LogP contribution is 2.41. The Morgan fingerprint density at radius 2 is 2.38 bits per heavy atom. The van der Waals surface area contributed by atoms with E-state index in [2.05, 4.69) is 4.90 Å². The number of hydrogen-bond donors (Lipinski definition) is 1. The van der Waals surface area contributed by atoms with E-state index in [0.717, 1.165) is 38.4 Å². The lowest BCUT2D eigenvalue weighted by Crippen LogP contribution is -2.56. The topological polar surface area (TPSA) is 49.8 Å². The zero-order chi connectivity index (χ0) is 11.2. The van der Waals surface area contributed by atoms with Gasteiger partial charge in [0.25, 0.3) is 0 Å². The lowest BCUT2D eigenvalue weighted by Gasteiger charge is -2.48. The molecule has 0 radical (unpaired) electrons. The number of rotatable bonds is 2. The lowest BCUT2D eigenvalue weighted by molar-refractivity contribution is 0.0702. The predicted molar refractivity (Wildman–Crippen MR) is 61.4 cm³/mol. The Hall–Kier alpha value is -1.07. The van der Waals surface area contributed by atoms with E-state index in [1.807, 2.05) is 5.38 Å². The number of thiophene rings is 1. The van der Waals surface area contributed by atoms with E-state index in [-0.39, 0.29) is 0 Å². The molecule has 3 heterocycles.